The maximum absolute atomic E-state index is 13.0. The van der Waals surface area contributed by atoms with Gasteiger partial charge in [0.2, 0.25) is 5.91 Å². The van der Waals surface area contributed by atoms with E-state index >= 15 is 0 Å². The van der Waals surface area contributed by atoms with Gasteiger partial charge in [-0.25, -0.2) is 4.79 Å². The van der Waals surface area contributed by atoms with Crippen molar-refractivity contribution < 1.29 is 24.2 Å². The molecule has 1 aliphatic heterocycles. The van der Waals surface area contributed by atoms with Crippen LogP contribution < -0.4 is 0 Å². The fraction of sp³-hybridized carbons (Fsp3) is 0.842. The van der Waals surface area contributed by atoms with Gasteiger partial charge in [-0.1, -0.05) is 26.7 Å². The molecule has 1 amide bonds. The molecule has 1 heterocycles. The minimum atomic E-state index is -0.912. The molecule has 1 saturated heterocycles. The number of aliphatic carboxylic acids is 1. The fourth-order valence-corrected chi connectivity index (χ4v) is 4.55. The van der Waals surface area contributed by atoms with Crippen molar-refractivity contribution in [2.45, 2.75) is 77.8 Å². The van der Waals surface area contributed by atoms with E-state index in [4.69, 9.17) is 4.74 Å². The topological polar surface area (TPSA) is 83.9 Å². The first kappa shape index (κ1) is 19.7. The summed E-state index contributed by atoms with van der Waals surface area (Å²) in [5, 5.41) is 9.53. The summed E-state index contributed by atoms with van der Waals surface area (Å²) >= 11 is 0. The molecule has 2 rings (SSSR count). The zero-order valence-corrected chi connectivity index (χ0v) is 15.6. The normalized spacial score (nSPS) is 27.6. The van der Waals surface area contributed by atoms with Crippen LogP contribution in [0.25, 0.3) is 0 Å². The molecular weight excluding hydrogens is 322 g/mol. The van der Waals surface area contributed by atoms with Crippen LogP contribution >= 0.6 is 0 Å². The maximum Gasteiger partial charge on any atom is 0.326 e. The first-order valence-electron chi connectivity index (χ1n) is 9.62. The SMILES string of the molecule is CCC[C@H](C[C@@H](C)C(=O)N1[C@H](C(=O)O)C[C@@H]2CCC[C@@H]21)C(=O)OCC. The van der Waals surface area contributed by atoms with Crippen LogP contribution in [-0.4, -0.2) is 46.5 Å². The number of esters is 1. The lowest BCUT2D eigenvalue weighted by molar-refractivity contribution is -0.153. The van der Waals surface area contributed by atoms with E-state index in [1.807, 2.05) is 13.8 Å². The van der Waals surface area contributed by atoms with Crippen molar-refractivity contribution >= 4 is 17.8 Å². The second kappa shape index (κ2) is 8.68. The van der Waals surface area contributed by atoms with Gasteiger partial charge in [0.15, 0.2) is 0 Å². The molecule has 6 nitrogen and oxygen atoms in total. The highest BCUT2D eigenvalue weighted by Crippen LogP contribution is 2.42. The van der Waals surface area contributed by atoms with Crippen LogP contribution in [0, 0.1) is 17.8 Å². The Labute approximate surface area is 149 Å². The molecule has 1 aliphatic carbocycles. The Morgan fingerprint density at radius 1 is 1.24 bits per heavy atom. The Balaban J connectivity index is 2.08. The standard InChI is InChI=1S/C19H31NO5/c1-4-7-14(19(24)25-5-2)10-12(3)17(21)20-15-9-6-8-13(15)11-16(20)18(22)23/h12-16H,4-11H2,1-3H3,(H,22,23)/t12-,13+,14-,15+,16+/m1/s1. The number of hydrogen-bond acceptors (Lipinski definition) is 4. The monoisotopic (exact) mass is 353 g/mol. The summed E-state index contributed by atoms with van der Waals surface area (Å²) in [6.45, 7) is 5.92. The van der Waals surface area contributed by atoms with Crippen molar-refractivity contribution in [3.05, 3.63) is 0 Å². The highest BCUT2D eigenvalue weighted by molar-refractivity contribution is 5.86. The minimum absolute atomic E-state index is 0.0586. The third kappa shape index (κ3) is 4.33. The highest BCUT2D eigenvalue weighted by atomic mass is 16.5. The molecule has 25 heavy (non-hydrogen) atoms. The average Bonchev–Trinajstić information content (AvgIpc) is 3.14. The lowest BCUT2D eigenvalue weighted by atomic mass is 9.91. The Bertz CT molecular complexity index is 506. The second-order valence-electron chi connectivity index (χ2n) is 7.47. The molecule has 1 N–H and O–H groups in total. The third-order valence-electron chi connectivity index (χ3n) is 5.69. The molecule has 0 aromatic heterocycles. The van der Waals surface area contributed by atoms with Crippen molar-refractivity contribution in [1.82, 2.24) is 4.90 Å². The number of carboxylic acids is 1. The molecule has 0 bridgehead atoms. The van der Waals surface area contributed by atoms with E-state index in [0.29, 0.717) is 31.8 Å². The number of ether oxygens (including phenoxy) is 1. The van der Waals surface area contributed by atoms with Crippen molar-refractivity contribution in [3.63, 3.8) is 0 Å². The lowest BCUT2D eigenvalue weighted by Crippen LogP contribution is -2.47. The molecule has 0 aromatic rings. The zero-order valence-electron chi connectivity index (χ0n) is 15.6. The van der Waals surface area contributed by atoms with Gasteiger partial charge in [-0.2, -0.15) is 0 Å². The molecule has 0 aromatic carbocycles. The molecule has 0 spiro atoms. The molecule has 6 heteroatoms. The number of nitrogens with zero attached hydrogens (tertiary/aromatic N) is 1. The summed E-state index contributed by atoms with van der Waals surface area (Å²) in [5.74, 6) is -1.64. The van der Waals surface area contributed by atoms with Crippen molar-refractivity contribution in [3.8, 4) is 0 Å². The van der Waals surface area contributed by atoms with Crippen molar-refractivity contribution in [2.24, 2.45) is 17.8 Å². The summed E-state index contributed by atoms with van der Waals surface area (Å²) < 4.78 is 5.13. The van der Waals surface area contributed by atoms with Crippen LogP contribution in [0.4, 0.5) is 0 Å². The highest BCUT2D eigenvalue weighted by Gasteiger charge is 2.49. The molecule has 0 radical (unpaired) electrons. The number of fused-ring (bicyclic) bond motifs is 1. The second-order valence-corrected chi connectivity index (χ2v) is 7.47. The minimum Gasteiger partial charge on any atom is -0.480 e. The zero-order chi connectivity index (χ0) is 18.6. The Morgan fingerprint density at radius 3 is 2.56 bits per heavy atom. The summed E-state index contributed by atoms with van der Waals surface area (Å²) in [6.07, 6.45) is 5.47. The first-order valence-corrected chi connectivity index (χ1v) is 9.62. The number of rotatable bonds is 8. The van der Waals surface area contributed by atoms with Gasteiger partial charge < -0.3 is 14.7 Å². The van der Waals surface area contributed by atoms with Crippen molar-refractivity contribution in [2.75, 3.05) is 6.61 Å². The van der Waals surface area contributed by atoms with Gasteiger partial charge in [0.1, 0.15) is 6.04 Å². The van der Waals surface area contributed by atoms with Crippen LogP contribution in [-0.2, 0) is 19.1 Å². The van der Waals surface area contributed by atoms with Gasteiger partial charge in [-0.05, 0) is 44.9 Å². The summed E-state index contributed by atoms with van der Waals surface area (Å²) in [4.78, 5) is 38.4. The predicted molar refractivity (Wildman–Crippen MR) is 92.8 cm³/mol. The van der Waals surface area contributed by atoms with E-state index in [1.165, 1.54) is 0 Å². The molecule has 1 saturated carbocycles. The third-order valence-corrected chi connectivity index (χ3v) is 5.69. The molecule has 5 atom stereocenters. The van der Waals surface area contributed by atoms with Gasteiger partial charge in [-0.15, -0.1) is 0 Å². The van der Waals surface area contributed by atoms with E-state index < -0.39 is 12.0 Å². The number of hydrogen-bond donors (Lipinski definition) is 1. The van der Waals surface area contributed by atoms with Gasteiger partial charge in [0.25, 0.3) is 0 Å². The Hall–Kier alpha value is -1.59. The molecule has 0 unspecified atom stereocenters. The number of amides is 1. The first-order chi connectivity index (χ1) is 11.9. The summed E-state index contributed by atoms with van der Waals surface area (Å²) in [6, 6.07) is -0.652. The smallest absolute Gasteiger partial charge is 0.326 e. The Kier molecular flexibility index (Phi) is 6.85. The number of carbonyl (C=O) groups is 3. The number of likely N-dealkylation sites (tertiary alicyclic amines) is 1. The van der Waals surface area contributed by atoms with Crippen molar-refractivity contribution in [1.29, 1.82) is 0 Å². The molecule has 142 valence electrons. The molecule has 2 fully saturated rings. The van der Waals surface area contributed by atoms with Gasteiger partial charge in [0.05, 0.1) is 12.5 Å². The van der Waals surface area contributed by atoms with Gasteiger partial charge >= 0.3 is 11.9 Å². The van der Waals surface area contributed by atoms with Crippen LogP contribution in [0.2, 0.25) is 0 Å². The van der Waals surface area contributed by atoms with E-state index in [9.17, 15) is 19.5 Å². The lowest BCUT2D eigenvalue weighted by Gasteiger charge is -2.31. The summed E-state index contributed by atoms with van der Waals surface area (Å²) in [7, 11) is 0. The van der Waals surface area contributed by atoms with E-state index in [-0.39, 0.29) is 29.8 Å². The molecular formula is C19H31NO5. The molecule has 2 aliphatic rings. The predicted octanol–water partition coefficient (Wildman–Crippen LogP) is 2.85. The van der Waals surface area contributed by atoms with Gasteiger partial charge in [0, 0.05) is 12.0 Å². The summed E-state index contributed by atoms with van der Waals surface area (Å²) in [5.41, 5.74) is 0. The Morgan fingerprint density at radius 2 is 1.96 bits per heavy atom. The van der Waals surface area contributed by atoms with Crippen LogP contribution in [0.15, 0.2) is 0 Å². The number of carbonyl (C=O) groups excluding carboxylic acids is 2. The quantitative estimate of drug-likeness (QED) is 0.678. The largest absolute Gasteiger partial charge is 0.480 e. The van der Waals surface area contributed by atoms with Gasteiger partial charge in [-0.3, -0.25) is 9.59 Å². The van der Waals surface area contributed by atoms with E-state index in [2.05, 4.69) is 0 Å². The maximum atomic E-state index is 13.0. The fourth-order valence-electron chi connectivity index (χ4n) is 4.55. The van der Waals surface area contributed by atoms with Crippen LogP contribution in [0.3, 0.4) is 0 Å². The van der Waals surface area contributed by atoms with E-state index in [0.717, 1.165) is 25.7 Å². The van der Waals surface area contributed by atoms with Crippen LogP contribution in [0.5, 0.6) is 0 Å². The average molecular weight is 353 g/mol. The van der Waals surface area contributed by atoms with Crippen LogP contribution in [0.1, 0.15) is 65.7 Å². The van der Waals surface area contributed by atoms with E-state index in [1.54, 1.807) is 11.8 Å². The number of carboxylic acid groups (broad SMARTS) is 1.